The number of aryl methyl sites for hydroxylation is 1. The van der Waals surface area contributed by atoms with Crippen molar-refractivity contribution in [3.05, 3.63) is 65.2 Å². The van der Waals surface area contributed by atoms with Crippen LogP contribution in [0.4, 0.5) is 0 Å². The minimum atomic E-state index is -0.476. The van der Waals surface area contributed by atoms with Crippen LogP contribution in [0.15, 0.2) is 48.5 Å². The summed E-state index contributed by atoms with van der Waals surface area (Å²) in [6.07, 6.45) is 2.94. The Balaban J connectivity index is 1.94. The van der Waals surface area contributed by atoms with Crippen molar-refractivity contribution in [1.29, 1.82) is 0 Å². The molecule has 0 aliphatic rings. The Hall–Kier alpha value is -2.37. The van der Waals surface area contributed by atoms with Crippen LogP contribution in [0.2, 0.25) is 0 Å². The molecular formula is C24H35N2O3+. The van der Waals surface area contributed by atoms with E-state index in [1.54, 1.807) is 0 Å². The number of hydrogen-bond donors (Lipinski definition) is 1. The number of esters is 1. The van der Waals surface area contributed by atoms with Crippen LogP contribution >= 0.6 is 0 Å². The molecule has 1 unspecified atom stereocenters. The molecule has 2 aromatic carbocycles. The molecule has 2 rings (SSSR count). The van der Waals surface area contributed by atoms with Gasteiger partial charge in [-0.05, 0) is 49.4 Å². The number of rotatable bonds is 11. The maximum absolute atomic E-state index is 11.8. The molecule has 0 heterocycles. The number of carbonyl (C=O) groups is 1. The van der Waals surface area contributed by atoms with Gasteiger partial charge in [-0.1, -0.05) is 42.0 Å². The smallest absolute Gasteiger partial charge is 0.320 e. The molecule has 0 spiro atoms. The predicted molar refractivity (Wildman–Crippen MR) is 117 cm³/mol. The molecule has 5 nitrogen and oxygen atoms in total. The lowest BCUT2D eigenvalue weighted by Crippen LogP contribution is -2.35. The molecule has 0 aliphatic carbocycles. The summed E-state index contributed by atoms with van der Waals surface area (Å²) >= 11 is 0. The highest BCUT2D eigenvalue weighted by Crippen LogP contribution is 2.28. The largest absolute Gasteiger partial charge is 0.494 e. The molecule has 2 aromatic rings. The first-order valence-corrected chi connectivity index (χ1v) is 10.3. The van der Waals surface area contributed by atoms with E-state index in [0.29, 0.717) is 6.61 Å². The third kappa shape index (κ3) is 8.26. The molecule has 0 aromatic heterocycles. The van der Waals surface area contributed by atoms with Gasteiger partial charge < -0.3 is 19.7 Å². The summed E-state index contributed by atoms with van der Waals surface area (Å²) in [5, 5.41) is 0. The van der Waals surface area contributed by atoms with Crippen molar-refractivity contribution in [3.8, 4) is 5.75 Å². The number of carbonyl (C=O) groups excluding carboxylic acids is 1. The fourth-order valence-electron chi connectivity index (χ4n) is 3.04. The van der Waals surface area contributed by atoms with Gasteiger partial charge in [0.25, 0.3) is 0 Å². The zero-order valence-electron chi connectivity index (χ0n) is 18.2. The second kappa shape index (κ2) is 11.0. The van der Waals surface area contributed by atoms with E-state index in [4.69, 9.17) is 15.2 Å². The summed E-state index contributed by atoms with van der Waals surface area (Å²) < 4.78 is 12.5. The number of unbranched alkanes of at least 4 members (excludes halogenated alkanes) is 2. The summed E-state index contributed by atoms with van der Waals surface area (Å²) in [5.41, 5.74) is 8.41. The van der Waals surface area contributed by atoms with Gasteiger partial charge in [0.05, 0.1) is 40.8 Å². The van der Waals surface area contributed by atoms with Crippen LogP contribution in [0.3, 0.4) is 0 Å². The Kier molecular flexibility index (Phi) is 8.68. The molecule has 0 saturated heterocycles. The first kappa shape index (κ1) is 22.9. The number of nitrogens with zero attached hydrogens (tertiary/aromatic N) is 1. The van der Waals surface area contributed by atoms with Crippen LogP contribution in [0.1, 0.15) is 42.1 Å². The fraction of sp³-hybridized carbons (Fsp3) is 0.458. The summed E-state index contributed by atoms with van der Waals surface area (Å²) in [4.78, 5) is 11.8. The van der Waals surface area contributed by atoms with Gasteiger partial charge in [-0.25, -0.2) is 0 Å². The third-order valence-corrected chi connectivity index (χ3v) is 4.72. The number of nitrogens with two attached hydrogens (primary N) is 1. The SMILES string of the molecule is Cc1ccc(C(OC(=O)CN)c2ccc(OCCCCC[N+](C)(C)C)cc2)cc1. The van der Waals surface area contributed by atoms with E-state index in [1.165, 1.54) is 13.0 Å². The van der Waals surface area contributed by atoms with Crippen LogP contribution in [-0.2, 0) is 9.53 Å². The van der Waals surface area contributed by atoms with Gasteiger partial charge in [0.2, 0.25) is 0 Å². The number of benzene rings is 2. The quantitative estimate of drug-likeness (QED) is 0.354. The maximum Gasteiger partial charge on any atom is 0.320 e. The lowest BCUT2D eigenvalue weighted by molar-refractivity contribution is -0.870. The standard InChI is InChI=1S/C24H35N2O3/c1-19-8-10-20(11-9-19)24(29-23(27)18-25)21-12-14-22(15-13-21)28-17-7-5-6-16-26(2,3)4/h8-15,24H,5-7,16-18,25H2,1-4H3/q+1. The average molecular weight is 400 g/mol. The minimum Gasteiger partial charge on any atom is -0.494 e. The molecule has 1 atom stereocenters. The molecular weight excluding hydrogens is 364 g/mol. The van der Waals surface area contributed by atoms with E-state index in [9.17, 15) is 4.79 Å². The summed E-state index contributed by atoms with van der Waals surface area (Å²) in [7, 11) is 6.65. The number of hydrogen-bond acceptors (Lipinski definition) is 4. The summed E-state index contributed by atoms with van der Waals surface area (Å²) in [5.74, 6) is 0.401. The Bertz CT molecular complexity index is 749. The van der Waals surface area contributed by atoms with E-state index in [1.807, 2.05) is 55.5 Å². The van der Waals surface area contributed by atoms with Crippen molar-refractivity contribution >= 4 is 5.97 Å². The van der Waals surface area contributed by atoms with E-state index >= 15 is 0 Å². The Labute approximate surface area is 175 Å². The van der Waals surface area contributed by atoms with Crippen LogP contribution in [0.25, 0.3) is 0 Å². The Morgan fingerprint density at radius 2 is 1.52 bits per heavy atom. The van der Waals surface area contributed by atoms with Gasteiger partial charge in [0, 0.05) is 0 Å². The van der Waals surface area contributed by atoms with Gasteiger partial charge in [-0.15, -0.1) is 0 Å². The van der Waals surface area contributed by atoms with Crippen molar-refractivity contribution in [1.82, 2.24) is 0 Å². The van der Waals surface area contributed by atoms with Gasteiger partial charge in [-0.2, -0.15) is 0 Å². The van der Waals surface area contributed by atoms with Gasteiger partial charge in [0.1, 0.15) is 5.75 Å². The average Bonchev–Trinajstić information content (AvgIpc) is 2.69. The molecule has 5 heteroatoms. The molecule has 0 saturated carbocycles. The lowest BCUT2D eigenvalue weighted by Gasteiger charge is -2.23. The second-order valence-corrected chi connectivity index (χ2v) is 8.48. The van der Waals surface area contributed by atoms with Gasteiger partial charge in [-0.3, -0.25) is 4.79 Å². The molecule has 0 aliphatic heterocycles. The lowest BCUT2D eigenvalue weighted by atomic mass is 10.00. The molecule has 2 N–H and O–H groups in total. The number of ether oxygens (including phenoxy) is 2. The van der Waals surface area contributed by atoms with Crippen LogP contribution < -0.4 is 10.5 Å². The maximum atomic E-state index is 11.8. The van der Waals surface area contributed by atoms with Crippen molar-refractivity contribution < 1.29 is 18.8 Å². The van der Waals surface area contributed by atoms with Crippen molar-refractivity contribution in [3.63, 3.8) is 0 Å². The fourth-order valence-corrected chi connectivity index (χ4v) is 3.04. The highest BCUT2D eigenvalue weighted by molar-refractivity contribution is 5.72. The first-order valence-electron chi connectivity index (χ1n) is 10.3. The van der Waals surface area contributed by atoms with Crippen molar-refractivity contribution in [2.45, 2.75) is 32.3 Å². The second-order valence-electron chi connectivity index (χ2n) is 8.48. The van der Waals surface area contributed by atoms with E-state index in [-0.39, 0.29) is 6.54 Å². The predicted octanol–water partition coefficient (Wildman–Crippen LogP) is 3.84. The monoisotopic (exact) mass is 399 g/mol. The van der Waals surface area contributed by atoms with Gasteiger partial charge >= 0.3 is 5.97 Å². The third-order valence-electron chi connectivity index (χ3n) is 4.72. The molecule has 0 radical (unpaired) electrons. The zero-order chi connectivity index (χ0) is 21.3. The highest BCUT2D eigenvalue weighted by atomic mass is 16.5. The van der Waals surface area contributed by atoms with Gasteiger partial charge in [0.15, 0.2) is 6.10 Å². The molecule has 0 bridgehead atoms. The highest BCUT2D eigenvalue weighted by Gasteiger charge is 2.18. The van der Waals surface area contributed by atoms with E-state index < -0.39 is 12.1 Å². The normalized spacial score (nSPS) is 12.4. The molecule has 29 heavy (non-hydrogen) atoms. The van der Waals surface area contributed by atoms with Crippen LogP contribution in [0, 0.1) is 6.92 Å². The molecule has 0 amide bonds. The number of quaternary nitrogens is 1. The Morgan fingerprint density at radius 1 is 0.931 bits per heavy atom. The van der Waals surface area contributed by atoms with E-state index in [0.717, 1.165) is 39.8 Å². The van der Waals surface area contributed by atoms with Crippen molar-refractivity contribution in [2.75, 3.05) is 40.8 Å². The summed E-state index contributed by atoms with van der Waals surface area (Å²) in [6.45, 7) is 3.77. The Morgan fingerprint density at radius 3 is 2.07 bits per heavy atom. The summed E-state index contributed by atoms with van der Waals surface area (Å²) in [6, 6.07) is 15.7. The minimum absolute atomic E-state index is 0.141. The zero-order valence-corrected chi connectivity index (χ0v) is 18.2. The molecule has 0 fully saturated rings. The van der Waals surface area contributed by atoms with Crippen LogP contribution in [-0.4, -0.2) is 51.3 Å². The van der Waals surface area contributed by atoms with E-state index in [2.05, 4.69) is 21.1 Å². The van der Waals surface area contributed by atoms with Crippen molar-refractivity contribution in [2.24, 2.45) is 5.73 Å². The molecule has 158 valence electrons. The topological polar surface area (TPSA) is 61.5 Å². The van der Waals surface area contributed by atoms with Crippen LogP contribution in [0.5, 0.6) is 5.75 Å². The first-order chi connectivity index (χ1) is 13.8.